The van der Waals surface area contributed by atoms with Crippen molar-refractivity contribution in [1.29, 1.82) is 0 Å². The fourth-order valence-corrected chi connectivity index (χ4v) is 2.19. The lowest BCUT2D eigenvalue weighted by atomic mass is 10.3. The Hall–Kier alpha value is -0.810. The third-order valence-corrected chi connectivity index (χ3v) is 3.43. The van der Waals surface area contributed by atoms with E-state index >= 15 is 0 Å². The zero-order valence-electron chi connectivity index (χ0n) is 12.0. The van der Waals surface area contributed by atoms with Crippen LogP contribution in [0.4, 0.5) is 4.79 Å². The van der Waals surface area contributed by atoms with Crippen LogP contribution in [0.25, 0.3) is 0 Å². The zero-order valence-corrected chi connectivity index (χ0v) is 12.0. The van der Waals surface area contributed by atoms with Gasteiger partial charge in [0.15, 0.2) is 0 Å². The Balaban J connectivity index is 2.19. The molecule has 18 heavy (non-hydrogen) atoms. The molecule has 0 aromatic rings. The van der Waals surface area contributed by atoms with Gasteiger partial charge in [-0.05, 0) is 20.3 Å². The first-order valence-corrected chi connectivity index (χ1v) is 6.99. The third-order valence-electron chi connectivity index (χ3n) is 3.43. The van der Waals surface area contributed by atoms with E-state index in [0.717, 1.165) is 58.9 Å². The zero-order chi connectivity index (χ0) is 13.4. The number of carbonyl (C=O) groups is 1. The predicted molar refractivity (Wildman–Crippen MR) is 72.8 cm³/mol. The Labute approximate surface area is 111 Å². The van der Waals surface area contributed by atoms with E-state index in [0.29, 0.717) is 0 Å². The lowest BCUT2D eigenvalue weighted by Crippen LogP contribution is -2.42. The van der Waals surface area contributed by atoms with Gasteiger partial charge < -0.3 is 14.5 Å². The van der Waals surface area contributed by atoms with Crippen molar-refractivity contribution in [2.45, 2.75) is 20.3 Å². The van der Waals surface area contributed by atoms with Crippen LogP contribution in [0.5, 0.6) is 0 Å². The quantitative estimate of drug-likeness (QED) is 0.715. The SMILES string of the molecule is CCN(CC)C(=O)N(C)CCCN1CCOCC1. The van der Waals surface area contributed by atoms with Gasteiger partial charge in [0.25, 0.3) is 0 Å². The summed E-state index contributed by atoms with van der Waals surface area (Å²) in [6, 6.07) is 0.141. The van der Waals surface area contributed by atoms with E-state index in [-0.39, 0.29) is 6.03 Å². The van der Waals surface area contributed by atoms with E-state index in [1.54, 1.807) is 0 Å². The summed E-state index contributed by atoms with van der Waals surface area (Å²) in [5.41, 5.74) is 0. The number of urea groups is 1. The van der Waals surface area contributed by atoms with Gasteiger partial charge in [0.05, 0.1) is 13.2 Å². The summed E-state index contributed by atoms with van der Waals surface area (Å²) in [5, 5.41) is 0. The van der Waals surface area contributed by atoms with E-state index in [9.17, 15) is 4.79 Å². The molecule has 0 unspecified atom stereocenters. The summed E-state index contributed by atoms with van der Waals surface area (Å²) in [4.78, 5) is 18.1. The van der Waals surface area contributed by atoms with Crippen LogP contribution in [0.15, 0.2) is 0 Å². The van der Waals surface area contributed by atoms with Crippen molar-refractivity contribution in [3.05, 3.63) is 0 Å². The Morgan fingerprint density at radius 1 is 1.22 bits per heavy atom. The second kappa shape index (κ2) is 8.32. The fourth-order valence-electron chi connectivity index (χ4n) is 2.19. The molecule has 5 heteroatoms. The molecule has 0 N–H and O–H groups in total. The first-order chi connectivity index (χ1) is 8.69. The molecule has 106 valence electrons. The number of carbonyl (C=O) groups excluding carboxylic acids is 1. The number of rotatable bonds is 6. The van der Waals surface area contributed by atoms with Crippen LogP contribution in [-0.2, 0) is 4.74 Å². The second-order valence-electron chi connectivity index (χ2n) is 4.68. The minimum absolute atomic E-state index is 0.141. The summed E-state index contributed by atoms with van der Waals surface area (Å²) in [5.74, 6) is 0. The topological polar surface area (TPSA) is 36.0 Å². The van der Waals surface area contributed by atoms with Gasteiger partial charge in [-0.1, -0.05) is 0 Å². The molecule has 1 aliphatic heterocycles. The summed E-state index contributed by atoms with van der Waals surface area (Å²) in [6.07, 6.45) is 1.03. The number of morpholine rings is 1. The van der Waals surface area contributed by atoms with Gasteiger partial charge >= 0.3 is 6.03 Å². The Bertz CT molecular complexity index is 238. The van der Waals surface area contributed by atoms with Crippen molar-refractivity contribution in [2.75, 3.05) is 59.5 Å². The van der Waals surface area contributed by atoms with Crippen molar-refractivity contribution < 1.29 is 9.53 Å². The molecule has 0 radical (unpaired) electrons. The monoisotopic (exact) mass is 257 g/mol. The molecule has 5 nitrogen and oxygen atoms in total. The number of nitrogens with zero attached hydrogens (tertiary/aromatic N) is 3. The highest BCUT2D eigenvalue weighted by atomic mass is 16.5. The van der Waals surface area contributed by atoms with Crippen molar-refractivity contribution in [1.82, 2.24) is 14.7 Å². The van der Waals surface area contributed by atoms with Gasteiger partial charge in [0.2, 0.25) is 0 Å². The molecule has 0 bridgehead atoms. The maximum atomic E-state index is 12.0. The molecule has 0 aliphatic carbocycles. The molecular weight excluding hydrogens is 230 g/mol. The molecule has 0 aromatic carbocycles. The van der Waals surface area contributed by atoms with Gasteiger partial charge in [0, 0.05) is 46.3 Å². The van der Waals surface area contributed by atoms with Crippen LogP contribution in [0, 0.1) is 0 Å². The van der Waals surface area contributed by atoms with Crippen LogP contribution in [0.1, 0.15) is 20.3 Å². The van der Waals surface area contributed by atoms with Crippen LogP contribution in [0.3, 0.4) is 0 Å². The summed E-state index contributed by atoms with van der Waals surface area (Å²) >= 11 is 0. The van der Waals surface area contributed by atoms with E-state index in [2.05, 4.69) is 4.90 Å². The number of amides is 2. The minimum Gasteiger partial charge on any atom is -0.379 e. The van der Waals surface area contributed by atoms with Gasteiger partial charge in [-0.15, -0.1) is 0 Å². The van der Waals surface area contributed by atoms with Gasteiger partial charge in [0.1, 0.15) is 0 Å². The number of ether oxygens (including phenoxy) is 1. The highest BCUT2D eigenvalue weighted by molar-refractivity contribution is 5.74. The maximum absolute atomic E-state index is 12.0. The van der Waals surface area contributed by atoms with Gasteiger partial charge in [-0.2, -0.15) is 0 Å². The first kappa shape index (κ1) is 15.2. The molecule has 1 fully saturated rings. The molecule has 0 saturated carbocycles. The Kier molecular flexibility index (Phi) is 7.05. The molecule has 0 aromatic heterocycles. The highest BCUT2D eigenvalue weighted by Crippen LogP contribution is 2.01. The molecule has 1 saturated heterocycles. The van der Waals surface area contributed by atoms with Crippen LogP contribution in [0.2, 0.25) is 0 Å². The minimum atomic E-state index is 0.141. The van der Waals surface area contributed by atoms with Gasteiger partial charge in [-0.25, -0.2) is 4.79 Å². The average molecular weight is 257 g/mol. The smallest absolute Gasteiger partial charge is 0.319 e. The molecule has 1 aliphatic rings. The van der Waals surface area contributed by atoms with Crippen molar-refractivity contribution in [2.24, 2.45) is 0 Å². The van der Waals surface area contributed by atoms with E-state index in [1.165, 1.54) is 0 Å². The summed E-state index contributed by atoms with van der Waals surface area (Å²) in [6.45, 7) is 11.2. The normalized spacial score (nSPS) is 16.6. The molecule has 2 amide bonds. The van der Waals surface area contributed by atoms with Crippen LogP contribution in [-0.4, -0.2) is 80.3 Å². The van der Waals surface area contributed by atoms with E-state index < -0.39 is 0 Å². The van der Waals surface area contributed by atoms with Crippen molar-refractivity contribution in [3.8, 4) is 0 Å². The standard InChI is InChI=1S/C13H27N3O2/c1-4-16(5-2)13(17)14(3)7-6-8-15-9-11-18-12-10-15/h4-12H2,1-3H3. The molecule has 1 heterocycles. The third kappa shape index (κ3) is 4.82. The Morgan fingerprint density at radius 2 is 1.83 bits per heavy atom. The van der Waals surface area contributed by atoms with Crippen LogP contribution < -0.4 is 0 Å². The lowest BCUT2D eigenvalue weighted by Gasteiger charge is -2.29. The molecular formula is C13H27N3O2. The fraction of sp³-hybridized carbons (Fsp3) is 0.923. The largest absolute Gasteiger partial charge is 0.379 e. The van der Waals surface area contributed by atoms with Crippen molar-refractivity contribution in [3.63, 3.8) is 0 Å². The number of hydrogen-bond acceptors (Lipinski definition) is 3. The highest BCUT2D eigenvalue weighted by Gasteiger charge is 2.15. The molecule has 1 rings (SSSR count). The lowest BCUT2D eigenvalue weighted by molar-refractivity contribution is 0.0365. The first-order valence-electron chi connectivity index (χ1n) is 6.99. The molecule has 0 atom stereocenters. The van der Waals surface area contributed by atoms with E-state index in [1.807, 2.05) is 30.7 Å². The number of hydrogen-bond donors (Lipinski definition) is 0. The second-order valence-corrected chi connectivity index (χ2v) is 4.68. The average Bonchev–Trinajstić information content (AvgIpc) is 2.41. The maximum Gasteiger partial charge on any atom is 0.319 e. The summed E-state index contributed by atoms with van der Waals surface area (Å²) < 4.78 is 5.31. The van der Waals surface area contributed by atoms with Crippen molar-refractivity contribution >= 4 is 6.03 Å². The van der Waals surface area contributed by atoms with Crippen LogP contribution >= 0.6 is 0 Å². The Morgan fingerprint density at radius 3 is 2.39 bits per heavy atom. The summed E-state index contributed by atoms with van der Waals surface area (Å²) in [7, 11) is 1.89. The van der Waals surface area contributed by atoms with Gasteiger partial charge in [-0.3, -0.25) is 4.90 Å². The molecule has 0 spiro atoms. The van der Waals surface area contributed by atoms with E-state index in [4.69, 9.17) is 4.74 Å². The predicted octanol–water partition coefficient (Wildman–Crippen LogP) is 1.10.